The maximum Gasteiger partial charge on any atom is 0.255 e. The van der Waals surface area contributed by atoms with Crippen LogP contribution in [0.15, 0.2) is 65.3 Å². The summed E-state index contributed by atoms with van der Waals surface area (Å²) >= 11 is 0. The number of hydrogen-bond donors (Lipinski definition) is 2. The van der Waals surface area contributed by atoms with Gasteiger partial charge in [0.05, 0.1) is 24.4 Å². The van der Waals surface area contributed by atoms with Crippen LogP contribution in [0.4, 0.5) is 5.82 Å². The van der Waals surface area contributed by atoms with Gasteiger partial charge in [-0.05, 0) is 48.0 Å². The molecule has 0 fully saturated rings. The normalized spacial score (nSPS) is 10.9. The first-order valence-electron chi connectivity index (χ1n) is 9.69. The van der Waals surface area contributed by atoms with Gasteiger partial charge in [0, 0.05) is 31.0 Å². The van der Waals surface area contributed by atoms with E-state index in [0.29, 0.717) is 41.6 Å². The molecule has 0 unspecified atom stereocenters. The number of nitrogen functional groups attached to an aromatic ring is 1. The van der Waals surface area contributed by atoms with E-state index in [2.05, 4.69) is 15.3 Å². The molecule has 1 aromatic carbocycles. The minimum absolute atomic E-state index is 0.160. The summed E-state index contributed by atoms with van der Waals surface area (Å²) in [5, 5.41) is 3.73. The molecule has 0 spiro atoms. The number of fused-ring (bicyclic) bond motifs is 1. The van der Waals surface area contributed by atoms with Crippen LogP contribution in [-0.2, 0) is 24.5 Å². The summed E-state index contributed by atoms with van der Waals surface area (Å²) in [4.78, 5) is 20.6. The molecule has 0 radical (unpaired) electrons. The van der Waals surface area contributed by atoms with Crippen LogP contribution >= 0.6 is 0 Å². The van der Waals surface area contributed by atoms with Gasteiger partial charge < -0.3 is 24.9 Å². The van der Waals surface area contributed by atoms with E-state index in [4.69, 9.17) is 19.6 Å². The number of benzene rings is 1. The van der Waals surface area contributed by atoms with Crippen LogP contribution in [0.1, 0.15) is 27.4 Å². The minimum Gasteiger partial charge on any atom is -0.489 e. The fourth-order valence-electron chi connectivity index (χ4n) is 3.09. The SMILES string of the molecule is COCc1ccc(C(=O)NCc2cc3ccc(OCc4ccncc4)cc3o2)c(N)n1. The van der Waals surface area contributed by atoms with Crippen LogP contribution in [0, 0.1) is 0 Å². The Morgan fingerprint density at radius 2 is 1.94 bits per heavy atom. The largest absolute Gasteiger partial charge is 0.489 e. The monoisotopic (exact) mass is 418 g/mol. The molecule has 4 aromatic rings. The van der Waals surface area contributed by atoms with Crippen molar-refractivity contribution in [3.8, 4) is 5.75 Å². The van der Waals surface area contributed by atoms with E-state index >= 15 is 0 Å². The summed E-state index contributed by atoms with van der Waals surface area (Å²) < 4.78 is 16.7. The second kappa shape index (κ2) is 9.27. The zero-order valence-electron chi connectivity index (χ0n) is 17.0. The van der Waals surface area contributed by atoms with Gasteiger partial charge in [-0.2, -0.15) is 0 Å². The van der Waals surface area contributed by atoms with Crippen LogP contribution in [0.5, 0.6) is 5.75 Å². The number of ether oxygens (including phenoxy) is 2. The van der Waals surface area contributed by atoms with Crippen molar-refractivity contribution in [2.24, 2.45) is 0 Å². The highest BCUT2D eigenvalue weighted by Crippen LogP contribution is 2.25. The van der Waals surface area contributed by atoms with Crippen molar-refractivity contribution in [3.63, 3.8) is 0 Å². The average molecular weight is 418 g/mol. The number of furan rings is 1. The van der Waals surface area contributed by atoms with Crippen LogP contribution < -0.4 is 15.8 Å². The number of amides is 1. The molecule has 0 aliphatic heterocycles. The fraction of sp³-hybridized carbons (Fsp3) is 0.174. The molecule has 0 saturated carbocycles. The molecule has 158 valence electrons. The lowest BCUT2D eigenvalue weighted by molar-refractivity contribution is 0.0948. The lowest BCUT2D eigenvalue weighted by Crippen LogP contribution is -2.24. The van der Waals surface area contributed by atoms with Gasteiger partial charge in [0.15, 0.2) is 0 Å². The van der Waals surface area contributed by atoms with E-state index in [9.17, 15) is 4.79 Å². The summed E-state index contributed by atoms with van der Waals surface area (Å²) in [7, 11) is 1.57. The van der Waals surface area contributed by atoms with Crippen LogP contribution in [-0.4, -0.2) is 23.0 Å². The molecule has 0 bridgehead atoms. The third-order valence-electron chi connectivity index (χ3n) is 4.64. The Balaban J connectivity index is 1.39. The molecule has 31 heavy (non-hydrogen) atoms. The van der Waals surface area contributed by atoms with Crippen molar-refractivity contribution in [2.75, 3.05) is 12.8 Å². The molecular weight excluding hydrogens is 396 g/mol. The molecule has 8 heteroatoms. The Labute approximate surface area is 179 Å². The third-order valence-corrected chi connectivity index (χ3v) is 4.64. The van der Waals surface area contributed by atoms with Crippen LogP contribution in [0.2, 0.25) is 0 Å². The first kappa shape index (κ1) is 20.4. The van der Waals surface area contributed by atoms with Gasteiger partial charge in [-0.1, -0.05) is 0 Å². The van der Waals surface area contributed by atoms with E-state index in [-0.39, 0.29) is 18.3 Å². The maximum absolute atomic E-state index is 12.5. The number of nitrogens with zero attached hydrogens (tertiary/aromatic N) is 2. The number of carbonyl (C=O) groups is 1. The highest BCUT2D eigenvalue weighted by atomic mass is 16.5. The van der Waals surface area contributed by atoms with Crippen molar-refractivity contribution in [1.82, 2.24) is 15.3 Å². The predicted molar refractivity (Wildman–Crippen MR) is 115 cm³/mol. The molecule has 3 N–H and O–H groups in total. The first-order chi connectivity index (χ1) is 15.1. The van der Waals surface area contributed by atoms with E-state index < -0.39 is 0 Å². The number of methoxy groups -OCH3 is 1. The number of carbonyl (C=O) groups excluding carboxylic acids is 1. The highest BCUT2D eigenvalue weighted by Gasteiger charge is 2.13. The number of rotatable bonds is 8. The third kappa shape index (κ3) is 4.99. The molecule has 0 aliphatic carbocycles. The quantitative estimate of drug-likeness (QED) is 0.450. The Bertz CT molecular complexity index is 1190. The number of pyridine rings is 2. The molecule has 0 atom stereocenters. The summed E-state index contributed by atoms with van der Waals surface area (Å²) in [5.41, 5.74) is 8.58. The molecule has 3 heterocycles. The van der Waals surface area contributed by atoms with Gasteiger partial charge in [-0.15, -0.1) is 0 Å². The minimum atomic E-state index is -0.323. The van der Waals surface area contributed by atoms with Crippen molar-refractivity contribution < 1.29 is 18.7 Å². The summed E-state index contributed by atoms with van der Waals surface area (Å²) in [6.45, 7) is 0.996. The Morgan fingerprint density at radius 3 is 2.71 bits per heavy atom. The maximum atomic E-state index is 12.5. The Kier molecular flexibility index (Phi) is 6.09. The summed E-state index contributed by atoms with van der Waals surface area (Å²) in [6.07, 6.45) is 3.46. The zero-order chi connectivity index (χ0) is 21.6. The standard InChI is InChI=1S/C23H22N4O4/c1-29-14-17-3-5-20(22(24)27-17)23(28)26-12-19-10-16-2-4-18(11-21(16)31-19)30-13-15-6-8-25-9-7-15/h2-11H,12-14H2,1H3,(H2,24,27)(H,26,28). The topological polar surface area (TPSA) is 112 Å². The summed E-state index contributed by atoms with van der Waals surface area (Å²) in [5.74, 6) is 1.16. The molecule has 8 nitrogen and oxygen atoms in total. The molecule has 4 rings (SSSR count). The van der Waals surface area contributed by atoms with Gasteiger partial charge in [-0.3, -0.25) is 9.78 Å². The second-order valence-corrected chi connectivity index (χ2v) is 6.91. The van der Waals surface area contributed by atoms with Gasteiger partial charge >= 0.3 is 0 Å². The van der Waals surface area contributed by atoms with E-state index in [0.717, 1.165) is 10.9 Å². The highest BCUT2D eigenvalue weighted by molar-refractivity contribution is 5.98. The fourth-order valence-corrected chi connectivity index (χ4v) is 3.09. The second-order valence-electron chi connectivity index (χ2n) is 6.91. The van der Waals surface area contributed by atoms with Crippen LogP contribution in [0.25, 0.3) is 11.0 Å². The van der Waals surface area contributed by atoms with Crippen molar-refractivity contribution in [1.29, 1.82) is 0 Å². The van der Waals surface area contributed by atoms with Gasteiger partial charge in [-0.25, -0.2) is 4.98 Å². The Hall–Kier alpha value is -3.91. The summed E-state index contributed by atoms with van der Waals surface area (Å²) in [6, 6.07) is 14.7. The average Bonchev–Trinajstić information content (AvgIpc) is 3.19. The lowest BCUT2D eigenvalue weighted by atomic mass is 10.2. The number of nitrogens with two attached hydrogens (primary N) is 1. The molecule has 3 aromatic heterocycles. The van der Waals surface area contributed by atoms with Crippen molar-refractivity contribution in [3.05, 3.63) is 83.5 Å². The zero-order valence-corrected chi connectivity index (χ0v) is 17.0. The number of nitrogens with one attached hydrogen (secondary N) is 1. The number of aromatic nitrogens is 2. The van der Waals surface area contributed by atoms with Gasteiger partial charge in [0.2, 0.25) is 0 Å². The van der Waals surface area contributed by atoms with Crippen molar-refractivity contribution in [2.45, 2.75) is 19.8 Å². The molecule has 0 aliphatic rings. The smallest absolute Gasteiger partial charge is 0.255 e. The number of hydrogen-bond acceptors (Lipinski definition) is 7. The van der Waals surface area contributed by atoms with Crippen molar-refractivity contribution >= 4 is 22.7 Å². The van der Waals surface area contributed by atoms with Gasteiger partial charge in [0.25, 0.3) is 5.91 Å². The van der Waals surface area contributed by atoms with Gasteiger partial charge in [0.1, 0.15) is 29.5 Å². The van der Waals surface area contributed by atoms with E-state index in [1.54, 1.807) is 31.6 Å². The van der Waals surface area contributed by atoms with Crippen LogP contribution in [0.3, 0.4) is 0 Å². The van der Waals surface area contributed by atoms with E-state index in [1.165, 1.54) is 0 Å². The first-order valence-corrected chi connectivity index (χ1v) is 9.69. The lowest BCUT2D eigenvalue weighted by Gasteiger charge is -2.07. The predicted octanol–water partition coefficient (Wildman–Crippen LogP) is 3.46. The number of anilines is 1. The molecule has 0 saturated heterocycles. The molecule has 1 amide bonds. The van der Waals surface area contributed by atoms with E-state index in [1.807, 2.05) is 36.4 Å². The molecular formula is C23H22N4O4. The Morgan fingerprint density at radius 1 is 1.10 bits per heavy atom.